The van der Waals surface area contributed by atoms with Crippen molar-refractivity contribution in [2.75, 3.05) is 6.26 Å². The summed E-state index contributed by atoms with van der Waals surface area (Å²) in [5, 5.41) is 1.89. The first kappa shape index (κ1) is 10.1. The van der Waals surface area contributed by atoms with E-state index in [2.05, 4.69) is 0 Å². The Morgan fingerprint density at radius 3 is 2.38 bits per heavy atom. The van der Waals surface area contributed by atoms with Crippen LogP contribution >= 0.6 is 11.8 Å². The lowest BCUT2D eigenvalue weighted by Crippen LogP contribution is -1.94. The Labute approximate surface area is 82.9 Å². The monoisotopic (exact) mass is 192 g/mol. The molecular formula is C11H12OS. The average Bonchev–Trinajstić information content (AvgIpc) is 2.15. The Morgan fingerprint density at radius 2 is 1.92 bits per heavy atom. The SMILES string of the molecule is CS/C=C(/C(C)=O)c1ccccc1. The number of hydrogen-bond acceptors (Lipinski definition) is 2. The third-order valence-corrected chi connectivity index (χ3v) is 2.17. The van der Waals surface area contributed by atoms with Crippen molar-refractivity contribution in [3.8, 4) is 0 Å². The molecule has 1 aromatic rings. The van der Waals surface area contributed by atoms with E-state index in [4.69, 9.17) is 0 Å². The van der Waals surface area contributed by atoms with Gasteiger partial charge in [0.2, 0.25) is 0 Å². The first-order valence-corrected chi connectivity index (χ1v) is 5.34. The molecule has 0 unspecified atom stereocenters. The molecule has 1 rings (SSSR count). The molecule has 0 fully saturated rings. The Balaban J connectivity index is 3.03. The van der Waals surface area contributed by atoms with E-state index in [1.165, 1.54) is 0 Å². The van der Waals surface area contributed by atoms with Crippen molar-refractivity contribution in [1.82, 2.24) is 0 Å². The number of allylic oxidation sites excluding steroid dienone is 1. The van der Waals surface area contributed by atoms with E-state index in [-0.39, 0.29) is 5.78 Å². The molecule has 0 radical (unpaired) electrons. The van der Waals surface area contributed by atoms with Crippen molar-refractivity contribution < 1.29 is 4.79 Å². The summed E-state index contributed by atoms with van der Waals surface area (Å²) in [4.78, 5) is 11.3. The number of rotatable bonds is 3. The second kappa shape index (κ2) is 4.87. The van der Waals surface area contributed by atoms with Gasteiger partial charge in [0, 0.05) is 5.57 Å². The normalized spacial score (nSPS) is 11.4. The van der Waals surface area contributed by atoms with Crippen molar-refractivity contribution in [3.63, 3.8) is 0 Å². The summed E-state index contributed by atoms with van der Waals surface area (Å²) in [7, 11) is 0. The van der Waals surface area contributed by atoms with Crippen LogP contribution in [0.4, 0.5) is 0 Å². The van der Waals surface area contributed by atoms with E-state index in [9.17, 15) is 4.79 Å². The Morgan fingerprint density at radius 1 is 1.31 bits per heavy atom. The van der Waals surface area contributed by atoms with E-state index in [0.717, 1.165) is 11.1 Å². The Kier molecular flexibility index (Phi) is 3.77. The van der Waals surface area contributed by atoms with Crippen LogP contribution in [0, 0.1) is 0 Å². The van der Waals surface area contributed by atoms with Crippen molar-refractivity contribution in [2.45, 2.75) is 6.92 Å². The van der Waals surface area contributed by atoms with E-state index in [0.29, 0.717) is 0 Å². The molecule has 1 nitrogen and oxygen atoms in total. The van der Waals surface area contributed by atoms with Gasteiger partial charge in [0.25, 0.3) is 0 Å². The van der Waals surface area contributed by atoms with Crippen molar-refractivity contribution in [1.29, 1.82) is 0 Å². The lowest BCUT2D eigenvalue weighted by atomic mass is 10.1. The molecule has 68 valence electrons. The number of benzene rings is 1. The molecule has 0 amide bonds. The molecule has 0 bridgehead atoms. The van der Waals surface area contributed by atoms with E-state index in [1.807, 2.05) is 42.0 Å². The highest BCUT2D eigenvalue weighted by Gasteiger charge is 2.04. The van der Waals surface area contributed by atoms with Crippen LogP contribution in [0.1, 0.15) is 12.5 Å². The summed E-state index contributed by atoms with van der Waals surface area (Å²) >= 11 is 1.55. The van der Waals surface area contributed by atoms with Crippen molar-refractivity contribution in [2.24, 2.45) is 0 Å². The molecule has 0 atom stereocenters. The molecule has 0 aliphatic carbocycles. The van der Waals surface area contributed by atoms with Crippen LogP contribution in [0.5, 0.6) is 0 Å². The summed E-state index contributed by atoms with van der Waals surface area (Å²) < 4.78 is 0. The average molecular weight is 192 g/mol. The molecular weight excluding hydrogens is 180 g/mol. The molecule has 0 aliphatic rings. The highest BCUT2D eigenvalue weighted by Crippen LogP contribution is 2.17. The third kappa shape index (κ3) is 2.74. The number of Topliss-reactive ketones (excluding diaryl/α,β-unsaturated/α-hetero) is 1. The predicted molar refractivity (Wildman–Crippen MR) is 58.6 cm³/mol. The third-order valence-electron chi connectivity index (χ3n) is 1.70. The van der Waals surface area contributed by atoms with Gasteiger partial charge in [-0.1, -0.05) is 30.3 Å². The van der Waals surface area contributed by atoms with Gasteiger partial charge in [-0.3, -0.25) is 4.79 Å². The molecule has 1 aromatic carbocycles. The standard InChI is InChI=1S/C11H12OS/c1-9(12)11(8-13-2)10-6-4-3-5-7-10/h3-8H,1-2H3/b11-8-. The van der Waals surface area contributed by atoms with Gasteiger partial charge in [-0.2, -0.15) is 0 Å². The second-order valence-electron chi connectivity index (χ2n) is 2.69. The van der Waals surface area contributed by atoms with Crippen LogP contribution < -0.4 is 0 Å². The summed E-state index contributed by atoms with van der Waals surface area (Å²) in [6.45, 7) is 1.59. The fraction of sp³-hybridized carbons (Fsp3) is 0.182. The van der Waals surface area contributed by atoms with E-state index >= 15 is 0 Å². The van der Waals surface area contributed by atoms with Gasteiger partial charge < -0.3 is 0 Å². The zero-order valence-corrected chi connectivity index (χ0v) is 8.60. The van der Waals surface area contributed by atoms with Crippen LogP contribution in [0.15, 0.2) is 35.7 Å². The fourth-order valence-electron chi connectivity index (χ4n) is 1.09. The van der Waals surface area contributed by atoms with E-state index < -0.39 is 0 Å². The fourth-order valence-corrected chi connectivity index (χ4v) is 1.63. The van der Waals surface area contributed by atoms with Crippen molar-refractivity contribution >= 4 is 23.1 Å². The maximum atomic E-state index is 11.3. The van der Waals surface area contributed by atoms with Gasteiger partial charge in [-0.25, -0.2) is 0 Å². The quantitative estimate of drug-likeness (QED) is 0.685. The number of carbonyl (C=O) groups is 1. The summed E-state index contributed by atoms with van der Waals surface area (Å²) in [6, 6.07) is 9.71. The summed E-state index contributed by atoms with van der Waals surface area (Å²) in [5.74, 6) is 0.112. The number of hydrogen-bond donors (Lipinski definition) is 0. The van der Waals surface area contributed by atoms with Gasteiger partial charge in [0.1, 0.15) is 0 Å². The molecule has 0 aromatic heterocycles. The molecule has 0 N–H and O–H groups in total. The van der Waals surface area contributed by atoms with Crippen LogP contribution in [-0.2, 0) is 4.79 Å². The van der Waals surface area contributed by atoms with Gasteiger partial charge in [0.15, 0.2) is 5.78 Å². The van der Waals surface area contributed by atoms with Gasteiger partial charge in [-0.05, 0) is 24.2 Å². The lowest BCUT2D eigenvalue weighted by Gasteiger charge is -2.01. The van der Waals surface area contributed by atoms with Gasteiger partial charge in [0.05, 0.1) is 0 Å². The first-order chi connectivity index (χ1) is 6.25. The summed E-state index contributed by atoms with van der Waals surface area (Å²) in [6.07, 6.45) is 1.95. The van der Waals surface area contributed by atoms with Crippen LogP contribution in [0.3, 0.4) is 0 Å². The summed E-state index contributed by atoms with van der Waals surface area (Å²) in [5.41, 5.74) is 1.78. The van der Waals surface area contributed by atoms with Gasteiger partial charge >= 0.3 is 0 Å². The Bertz CT molecular complexity index is 314. The number of thioether (sulfide) groups is 1. The molecule has 0 saturated carbocycles. The molecule has 13 heavy (non-hydrogen) atoms. The topological polar surface area (TPSA) is 17.1 Å². The first-order valence-electron chi connectivity index (χ1n) is 4.05. The second-order valence-corrected chi connectivity index (χ2v) is 3.40. The smallest absolute Gasteiger partial charge is 0.160 e. The van der Waals surface area contributed by atoms with Gasteiger partial charge in [-0.15, -0.1) is 11.8 Å². The molecule has 0 heterocycles. The minimum Gasteiger partial charge on any atom is -0.294 e. The van der Waals surface area contributed by atoms with Crippen molar-refractivity contribution in [3.05, 3.63) is 41.3 Å². The van der Waals surface area contributed by atoms with Crippen LogP contribution in [0.2, 0.25) is 0 Å². The molecule has 0 spiro atoms. The Hall–Kier alpha value is -1.02. The van der Waals surface area contributed by atoms with Crippen LogP contribution in [-0.4, -0.2) is 12.0 Å². The lowest BCUT2D eigenvalue weighted by molar-refractivity contribution is -0.111. The van der Waals surface area contributed by atoms with E-state index in [1.54, 1.807) is 18.7 Å². The highest BCUT2D eigenvalue weighted by atomic mass is 32.2. The zero-order chi connectivity index (χ0) is 9.68. The number of carbonyl (C=O) groups excluding carboxylic acids is 1. The maximum Gasteiger partial charge on any atom is 0.160 e. The zero-order valence-electron chi connectivity index (χ0n) is 7.78. The molecule has 0 saturated heterocycles. The molecule has 2 heteroatoms. The largest absolute Gasteiger partial charge is 0.294 e. The maximum absolute atomic E-state index is 11.3. The van der Waals surface area contributed by atoms with Crippen LogP contribution in [0.25, 0.3) is 5.57 Å². The minimum atomic E-state index is 0.112. The minimum absolute atomic E-state index is 0.112. The number of ketones is 1. The molecule has 0 aliphatic heterocycles. The highest BCUT2D eigenvalue weighted by molar-refractivity contribution is 8.01. The predicted octanol–water partition coefficient (Wildman–Crippen LogP) is 2.98.